The first-order valence-electron chi connectivity index (χ1n) is 4.22. The smallest absolute Gasteiger partial charge is 0.328 e. The van der Waals surface area contributed by atoms with Crippen LogP contribution in [0.2, 0.25) is 0 Å². The van der Waals surface area contributed by atoms with Crippen molar-refractivity contribution in [3.05, 3.63) is 0 Å². The molecule has 0 rings (SSSR count). The van der Waals surface area contributed by atoms with Gasteiger partial charge in [0.2, 0.25) is 5.91 Å². The Bertz CT molecular complexity index is 219. The summed E-state index contributed by atoms with van der Waals surface area (Å²) in [6.45, 7) is 2.94. The molecule has 0 aliphatic rings. The maximum absolute atomic E-state index is 11.3. The number of rotatable bonds is 5. The highest BCUT2D eigenvalue weighted by atomic mass is 32.1. The summed E-state index contributed by atoms with van der Waals surface area (Å²) in [5, 5.41) is 20.0. The third kappa shape index (κ3) is 3.97. The highest BCUT2D eigenvalue weighted by Crippen LogP contribution is 2.00. The van der Waals surface area contributed by atoms with Gasteiger partial charge in [-0.25, -0.2) is 4.79 Å². The molecule has 0 saturated heterocycles. The Hall–Kier alpha value is -0.750. The minimum atomic E-state index is -1.26. The number of carboxylic acids is 1. The summed E-state index contributed by atoms with van der Waals surface area (Å²) in [6, 6.07) is -1.26. The maximum Gasteiger partial charge on any atom is 0.328 e. The molecule has 0 aliphatic carbocycles. The van der Waals surface area contributed by atoms with Gasteiger partial charge in [0.05, 0.1) is 6.10 Å². The highest BCUT2D eigenvalue weighted by molar-refractivity contribution is 7.80. The van der Waals surface area contributed by atoms with Crippen molar-refractivity contribution >= 4 is 24.5 Å². The number of aliphatic hydroxyl groups is 1. The van der Waals surface area contributed by atoms with Crippen LogP contribution >= 0.6 is 12.6 Å². The lowest BCUT2D eigenvalue weighted by Gasteiger charge is -2.18. The summed E-state index contributed by atoms with van der Waals surface area (Å²) in [4.78, 5) is 21.9. The van der Waals surface area contributed by atoms with Gasteiger partial charge in [0.15, 0.2) is 6.04 Å². The van der Waals surface area contributed by atoms with E-state index in [0.29, 0.717) is 5.75 Å². The number of amides is 1. The Morgan fingerprint density at radius 3 is 2.21 bits per heavy atom. The van der Waals surface area contributed by atoms with Crippen LogP contribution in [0.3, 0.4) is 0 Å². The van der Waals surface area contributed by atoms with Gasteiger partial charge >= 0.3 is 5.97 Å². The summed E-state index contributed by atoms with van der Waals surface area (Å²) in [5.41, 5.74) is 0. The zero-order valence-corrected chi connectivity index (χ0v) is 8.99. The van der Waals surface area contributed by atoms with E-state index in [-0.39, 0.29) is 5.92 Å². The van der Waals surface area contributed by atoms with Gasteiger partial charge in [0, 0.05) is 11.7 Å². The number of hydrogen-bond acceptors (Lipinski definition) is 4. The molecule has 1 unspecified atom stereocenters. The van der Waals surface area contributed by atoms with Crippen LogP contribution < -0.4 is 5.32 Å². The Morgan fingerprint density at radius 1 is 1.43 bits per heavy atom. The van der Waals surface area contributed by atoms with Crippen molar-refractivity contribution in [3.63, 3.8) is 0 Å². The van der Waals surface area contributed by atoms with Crippen LogP contribution in [0.1, 0.15) is 13.8 Å². The molecule has 3 N–H and O–H groups in total. The first-order valence-corrected chi connectivity index (χ1v) is 4.85. The number of hydrogen-bond donors (Lipinski definition) is 4. The first kappa shape index (κ1) is 13.2. The van der Waals surface area contributed by atoms with Crippen molar-refractivity contribution in [1.29, 1.82) is 0 Å². The Balaban J connectivity index is 4.31. The normalized spacial score (nSPS) is 16.9. The zero-order valence-electron chi connectivity index (χ0n) is 8.10. The van der Waals surface area contributed by atoms with Gasteiger partial charge in [0.25, 0.3) is 0 Å². The Kier molecular flexibility index (Phi) is 5.56. The quantitative estimate of drug-likeness (QED) is 0.471. The predicted molar refractivity (Wildman–Crippen MR) is 54.3 cm³/mol. The van der Waals surface area contributed by atoms with Crippen LogP contribution in [0.4, 0.5) is 0 Å². The maximum atomic E-state index is 11.3. The Morgan fingerprint density at radius 2 is 1.93 bits per heavy atom. The van der Waals surface area contributed by atoms with Crippen LogP contribution in [0.25, 0.3) is 0 Å². The molecule has 0 saturated carbocycles. The van der Waals surface area contributed by atoms with Gasteiger partial charge in [-0.1, -0.05) is 6.92 Å². The molecule has 0 aliphatic heterocycles. The molecule has 0 heterocycles. The van der Waals surface area contributed by atoms with Crippen LogP contribution in [-0.4, -0.2) is 40.0 Å². The van der Waals surface area contributed by atoms with E-state index in [0.717, 1.165) is 0 Å². The lowest BCUT2D eigenvalue weighted by Crippen LogP contribution is -2.49. The van der Waals surface area contributed by atoms with E-state index in [1.165, 1.54) is 6.92 Å². The van der Waals surface area contributed by atoms with Crippen LogP contribution in [0, 0.1) is 5.92 Å². The van der Waals surface area contributed by atoms with Crippen molar-refractivity contribution in [2.45, 2.75) is 26.0 Å². The van der Waals surface area contributed by atoms with E-state index in [2.05, 4.69) is 17.9 Å². The van der Waals surface area contributed by atoms with Crippen molar-refractivity contribution in [2.75, 3.05) is 5.75 Å². The van der Waals surface area contributed by atoms with Crippen molar-refractivity contribution in [3.8, 4) is 0 Å². The molecule has 0 spiro atoms. The van der Waals surface area contributed by atoms with E-state index in [9.17, 15) is 9.59 Å². The number of carbonyl (C=O) groups excluding carboxylic acids is 1. The van der Waals surface area contributed by atoms with Gasteiger partial charge in [-0.15, -0.1) is 0 Å². The number of nitrogens with one attached hydrogen (secondary N) is 1. The van der Waals surface area contributed by atoms with Gasteiger partial charge in [-0.3, -0.25) is 4.79 Å². The number of carbonyl (C=O) groups is 2. The molecule has 0 aromatic carbocycles. The lowest BCUT2D eigenvalue weighted by molar-refractivity contribution is -0.145. The lowest BCUT2D eigenvalue weighted by atomic mass is 10.1. The van der Waals surface area contributed by atoms with Crippen molar-refractivity contribution in [2.24, 2.45) is 5.92 Å². The SMILES string of the molecule is CC(CS)C(=O)N[C@H](C(=O)O)[C@H](C)O. The van der Waals surface area contributed by atoms with E-state index < -0.39 is 24.0 Å². The first-order chi connectivity index (χ1) is 6.40. The minimum absolute atomic E-state index is 0.331. The molecule has 0 aromatic rings. The largest absolute Gasteiger partial charge is 0.480 e. The van der Waals surface area contributed by atoms with Gasteiger partial charge in [-0.05, 0) is 6.92 Å². The predicted octanol–water partition coefficient (Wildman–Crippen LogP) is -0.498. The number of aliphatic carboxylic acids is 1. The summed E-state index contributed by atoms with van der Waals surface area (Å²) in [6.07, 6.45) is -1.12. The number of thiol groups is 1. The molecule has 82 valence electrons. The van der Waals surface area contributed by atoms with Crippen LogP contribution in [-0.2, 0) is 9.59 Å². The molecule has 1 amide bonds. The fourth-order valence-corrected chi connectivity index (χ4v) is 0.933. The molecular formula is C8H15NO4S. The Labute approximate surface area is 87.9 Å². The third-order valence-corrected chi connectivity index (χ3v) is 2.32. The molecule has 0 aromatic heterocycles. The van der Waals surface area contributed by atoms with Gasteiger partial charge in [-0.2, -0.15) is 12.6 Å². The summed E-state index contributed by atoms with van der Waals surface area (Å²) in [5.74, 6) is -1.72. The molecule has 14 heavy (non-hydrogen) atoms. The monoisotopic (exact) mass is 221 g/mol. The molecule has 0 fully saturated rings. The van der Waals surface area contributed by atoms with E-state index in [1.807, 2.05) is 0 Å². The molecule has 0 radical (unpaired) electrons. The van der Waals surface area contributed by atoms with Crippen LogP contribution in [0.15, 0.2) is 0 Å². The zero-order chi connectivity index (χ0) is 11.3. The second-order valence-corrected chi connectivity index (χ2v) is 3.51. The average molecular weight is 221 g/mol. The number of aliphatic hydroxyl groups excluding tert-OH is 1. The molecule has 0 bridgehead atoms. The molecular weight excluding hydrogens is 206 g/mol. The molecule has 6 heteroatoms. The van der Waals surface area contributed by atoms with Crippen molar-refractivity contribution < 1.29 is 19.8 Å². The topological polar surface area (TPSA) is 86.6 Å². The van der Waals surface area contributed by atoms with E-state index >= 15 is 0 Å². The highest BCUT2D eigenvalue weighted by Gasteiger charge is 2.26. The standard InChI is InChI=1S/C8H15NO4S/c1-4(3-14)7(11)9-6(5(2)10)8(12)13/h4-6,10,14H,3H2,1-2H3,(H,9,11)(H,12,13)/t4?,5-,6-/m0/s1. The summed E-state index contributed by atoms with van der Waals surface area (Å²) in [7, 11) is 0. The third-order valence-electron chi connectivity index (χ3n) is 1.77. The van der Waals surface area contributed by atoms with E-state index in [4.69, 9.17) is 10.2 Å². The van der Waals surface area contributed by atoms with E-state index in [1.54, 1.807) is 6.92 Å². The van der Waals surface area contributed by atoms with Gasteiger partial charge in [0.1, 0.15) is 0 Å². The molecule has 3 atom stereocenters. The second kappa shape index (κ2) is 5.87. The fraction of sp³-hybridized carbons (Fsp3) is 0.750. The van der Waals surface area contributed by atoms with Crippen LogP contribution in [0.5, 0.6) is 0 Å². The van der Waals surface area contributed by atoms with Crippen molar-refractivity contribution in [1.82, 2.24) is 5.32 Å². The molecule has 5 nitrogen and oxygen atoms in total. The average Bonchev–Trinajstić information content (AvgIpc) is 2.11. The summed E-state index contributed by atoms with van der Waals surface area (Å²) >= 11 is 3.91. The fourth-order valence-electron chi connectivity index (χ4n) is 0.767. The number of carboxylic acid groups (broad SMARTS) is 1. The second-order valence-electron chi connectivity index (χ2n) is 3.15. The summed E-state index contributed by atoms with van der Waals surface area (Å²) < 4.78 is 0. The minimum Gasteiger partial charge on any atom is -0.480 e. The van der Waals surface area contributed by atoms with Gasteiger partial charge < -0.3 is 15.5 Å².